The third kappa shape index (κ3) is 3.03. The van der Waals surface area contributed by atoms with Gasteiger partial charge in [-0.1, -0.05) is 6.07 Å². The van der Waals surface area contributed by atoms with Crippen molar-refractivity contribution in [1.82, 2.24) is 24.7 Å². The van der Waals surface area contributed by atoms with E-state index in [1.807, 2.05) is 41.9 Å². The normalized spacial score (nSPS) is 10.5. The molecule has 0 aromatic carbocycles. The van der Waals surface area contributed by atoms with E-state index in [4.69, 9.17) is 4.74 Å². The number of aromatic nitrogens is 5. The summed E-state index contributed by atoms with van der Waals surface area (Å²) < 4.78 is 6.96. The number of hydrogen-bond donors (Lipinski definition) is 1. The smallest absolute Gasteiger partial charge is 0.213 e. The molecule has 112 valence electrons. The van der Waals surface area contributed by atoms with Gasteiger partial charge >= 0.3 is 0 Å². The van der Waals surface area contributed by atoms with Gasteiger partial charge in [0.25, 0.3) is 0 Å². The Hall–Kier alpha value is -2.96. The second-order valence-corrected chi connectivity index (χ2v) is 4.72. The first-order valence-electron chi connectivity index (χ1n) is 6.80. The molecule has 3 rings (SSSR count). The van der Waals surface area contributed by atoms with Crippen LogP contribution in [0.15, 0.2) is 42.9 Å². The highest BCUT2D eigenvalue weighted by molar-refractivity contribution is 5.55. The molecule has 7 heteroatoms. The molecule has 0 aliphatic rings. The zero-order valence-electron chi connectivity index (χ0n) is 12.4. The minimum absolute atomic E-state index is 0.577. The maximum Gasteiger partial charge on any atom is 0.213 e. The van der Waals surface area contributed by atoms with Crippen LogP contribution in [-0.4, -0.2) is 31.8 Å². The summed E-state index contributed by atoms with van der Waals surface area (Å²) in [4.78, 5) is 8.72. The number of hydrogen-bond acceptors (Lipinski definition) is 6. The van der Waals surface area contributed by atoms with E-state index in [-0.39, 0.29) is 0 Å². The maximum absolute atomic E-state index is 5.11. The lowest BCUT2D eigenvalue weighted by molar-refractivity contribution is 0.396. The fraction of sp³-hybridized carbons (Fsp3) is 0.200. The molecule has 0 spiro atoms. The molecule has 22 heavy (non-hydrogen) atoms. The Bertz CT molecular complexity index is 753. The van der Waals surface area contributed by atoms with Crippen molar-refractivity contribution in [2.75, 3.05) is 12.4 Å². The van der Waals surface area contributed by atoms with E-state index in [2.05, 4.69) is 25.5 Å². The zero-order valence-corrected chi connectivity index (χ0v) is 12.4. The highest BCUT2D eigenvalue weighted by atomic mass is 16.5. The summed E-state index contributed by atoms with van der Waals surface area (Å²) in [5, 5.41) is 11.1. The van der Waals surface area contributed by atoms with Gasteiger partial charge in [-0.25, -0.2) is 9.97 Å². The van der Waals surface area contributed by atoms with E-state index < -0.39 is 0 Å². The van der Waals surface area contributed by atoms with Crippen LogP contribution in [-0.2, 0) is 13.6 Å². The molecule has 0 amide bonds. The van der Waals surface area contributed by atoms with Gasteiger partial charge in [0.2, 0.25) is 5.88 Å². The van der Waals surface area contributed by atoms with Crippen LogP contribution >= 0.6 is 0 Å². The lowest BCUT2D eigenvalue weighted by Crippen LogP contribution is -2.04. The van der Waals surface area contributed by atoms with Gasteiger partial charge in [-0.05, 0) is 18.2 Å². The molecule has 0 fully saturated rings. The fourth-order valence-corrected chi connectivity index (χ4v) is 2.03. The van der Waals surface area contributed by atoms with Crippen LogP contribution in [0.4, 0.5) is 5.82 Å². The monoisotopic (exact) mass is 296 g/mol. The lowest BCUT2D eigenvalue weighted by atomic mass is 10.2. The number of rotatable bonds is 5. The summed E-state index contributed by atoms with van der Waals surface area (Å²) in [7, 11) is 3.50. The summed E-state index contributed by atoms with van der Waals surface area (Å²) in [6, 6.07) is 9.52. The molecule has 0 radical (unpaired) electrons. The SMILES string of the molecule is COc1cccc(CNc2ccc(-c3nncn3C)cn2)n1. The molecule has 3 aromatic heterocycles. The van der Waals surface area contributed by atoms with Crippen molar-refractivity contribution in [3.05, 3.63) is 48.5 Å². The van der Waals surface area contributed by atoms with Crippen LogP contribution in [0, 0.1) is 0 Å². The minimum Gasteiger partial charge on any atom is -0.481 e. The number of nitrogens with zero attached hydrogens (tertiary/aromatic N) is 5. The molecular formula is C15H16N6O. The van der Waals surface area contributed by atoms with Crippen molar-refractivity contribution in [2.24, 2.45) is 7.05 Å². The Kier molecular flexibility index (Phi) is 3.95. The van der Waals surface area contributed by atoms with Crippen molar-refractivity contribution in [2.45, 2.75) is 6.54 Å². The van der Waals surface area contributed by atoms with Crippen molar-refractivity contribution in [1.29, 1.82) is 0 Å². The topological polar surface area (TPSA) is 77.8 Å². The predicted octanol–water partition coefficient (Wildman–Crippen LogP) is 1.89. The van der Waals surface area contributed by atoms with Crippen molar-refractivity contribution < 1.29 is 4.74 Å². The van der Waals surface area contributed by atoms with Gasteiger partial charge in [-0.3, -0.25) is 0 Å². The number of pyridine rings is 2. The molecule has 0 saturated carbocycles. The lowest BCUT2D eigenvalue weighted by Gasteiger charge is -2.07. The van der Waals surface area contributed by atoms with Crippen LogP contribution in [0.3, 0.4) is 0 Å². The molecule has 0 unspecified atom stereocenters. The van der Waals surface area contributed by atoms with Crippen molar-refractivity contribution in [3.63, 3.8) is 0 Å². The summed E-state index contributed by atoms with van der Waals surface area (Å²) in [5.74, 6) is 2.16. The summed E-state index contributed by atoms with van der Waals surface area (Å²) in [5.41, 5.74) is 1.81. The molecule has 7 nitrogen and oxygen atoms in total. The van der Waals surface area contributed by atoms with Gasteiger partial charge in [-0.2, -0.15) is 0 Å². The Morgan fingerprint density at radius 2 is 2.14 bits per heavy atom. The van der Waals surface area contributed by atoms with Crippen molar-refractivity contribution in [3.8, 4) is 17.3 Å². The molecule has 3 heterocycles. The van der Waals surface area contributed by atoms with Crippen molar-refractivity contribution >= 4 is 5.82 Å². The molecule has 3 aromatic rings. The first-order valence-corrected chi connectivity index (χ1v) is 6.80. The van der Waals surface area contributed by atoms with E-state index in [0.717, 1.165) is 22.9 Å². The fourth-order valence-electron chi connectivity index (χ4n) is 2.03. The summed E-state index contributed by atoms with van der Waals surface area (Å²) in [6.07, 6.45) is 3.43. The number of ether oxygens (including phenoxy) is 1. The Balaban J connectivity index is 1.67. The molecule has 0 atom stereocenters. The van der Waals surface area contributed by atoms with Crippen LogP contribution in [0.5, 0.6) is 5.88 Å². The number of nitrogens with one attached hydrogen (secondary N) is 1. The van der Waals surface area contributed by atoms with Gasteiger partial charge in [0.05, 0.1) is 19.3 Å². The first-order chi connectivity index (χ1) is 10.8. The minimum atomic E-state index is 0.577. The standard InChI is InChI=1S/C15H16N6O/c1-21-10-18-20-15(21)11-6-7-13(16-8-11)17-9-12-4-3-5-14(19-12)22-2/h3-8,10H,9H2,1-2H3,(H,16,17). The van der Waals surface area contributed by atoms with E-state index in [9.17, 15) is 0 Å². The van der Waals surface area contributed by atoms with Gasteiger partial charge in [0, 0.05) is 24.9 Å². The second kappa shape index (κ2) is 6.21. The number of aryl methyl sites for hydroxylation is 1. The molecule has 0 aliphatic heterocycles. The highest BCUT2D eigenvalue weighted by Gasteiger charge is 2.05. The number of anilines is 1. The average molecular weight is 296 g/mol. The van der Waals surface area contributed by atoms with E-state index in [1.165, 1.54) is 0 Å². The van der Waals surface area contributed by atoms with Gasteiger partial charge < -0.3 is 14.6 Å². The molecule has 0 bridgehead atoms. The van der Waals surface area contributed by atoms with Crippen LogP contribution in [0.25, 0.3) is 11.4 Å². The van der Waals surface area contributed by atoms with Crippen LogP contribution < -0.4 is 10.1 Å². The van der Waals surface area contributed by atoms with Gasteiger partial charge in [0.15, 0.2) is 5.82 Å². The first kappa shape index (κ1) is 14.0. The zero-order chi connectivity index (χ0) is 15.4. The highest BCUT2D eigenvalue weighted by Crippen LogP contribution is 2.16. The molecule has 0 saturated heterocycles. The van der Waals surface area contributed by atoms with E-state index in [1.54, 1.807) is 19.6 Å². The Morgan fingerprint density at radius 3 is 2.82 bits per heavy atom. The quantitative estimate of drug-likeness (QED) is 0.774. The third-order valence-corrected chi connectivity index (χ3v) is 3.17. The Labute approximate surface area is 128 Å². The van der Waals surface area contributed by atoms with Crippen LogP contribution in [0.1, 0.15) is 5.69 Å². The molecule has 0 aliphatic carbocycles. The third-order valence-electron chi connectivity index (χ3n) is 3.17. The maximum atomic E-state index is 5.11. The summed E-state index contributed by atoms with van der Waals surface area (Å²) >= 11 is 0. The molecule has 1 N–H and O–H groups in total. The second-order valence-electron chi connectivity index (χ2n) is 4.72. The van der Waals surface area contributed by atoms with E-state index in [0.29, 0.717) is 12.4 Å². The largest absolute Gasteiger partial charge is 0.481 e. The predicted molar refractivity (Wildman–Crippen MR) is 82.3 cm³/mol. The molecular weight excluding hydrogens is 280 g/mol. The average Bonchev–Trinajstić information content (AvgIpc) is 3.00. The van der Waals surface area contributed by atoms with Gasteiger partial charge in [0.1, 0.15) is 12.1 Å². The summed E-state index contributed by atoms with van der Waals surface area (Å²) in [6.45, 7) is 0.577. The van der Waals surface area contributed by atoms with Gasteiger partial charge in [-0.15, -0.1) is 10.2 Å². The number of methoxy groups -OCH3 is 1. The van der Waals surface area contributed by atoms with E-state index >= 15 is 0 Å². The van der Waals surface area contributed by atoms with Crippen LogP contribution in [0.2, 0.25) is 0 Å². The Morgan fingerprint density at radius 1 is 1.23 bits per heavy atom.